The fourth-order valence-corrected chi connectivity index (χ4v) is 2.53. The first-order valence-electron chi connectivity index (χ1n) is 7.36. The highest BCUT2D eigenvalue weighted by atomic mass is 35.5. The summed E-state index contributed by atoms with van der Waals surface area (Å²) in [6.07, 6.45) is 0.0662. The summed E-state index contributed by atoms with van der Waals surface area (Å²) < 4.78 is 13.5. The molecule has 1 heterocycles. The molecule has 2 rings (SSSR count). The number of likely N-dealkylation sites (tertiary alicyclic amines) is 1. The van der Waals surface area contributed by atoms with Gasteiger partial charge < -0.3 is 5.32 Å². The molecule has 0 saturated carbocycles. The molecule has 2 atom stereocenters. The zero-order valence-electron chi connectivity index (χ0n) is 13.8. The van der Waals surface area contributed by atoms with E-state index in [1.165, 1.54) is 13.0 Å². The molecule has 1 aromatic rings. The lowest BCUT2D eigenvalue weighted by Crippen LogP contribution is -2.49. The van der Waals surface area contributed by atoms with E-state index in [1.807, 2.05) is 0 Å². The van der Waals surface area contributed by atoms with Crippen LogP contribution in [0.1, 0.15) is 18.9 Å². The summed E-state index contributed by atoms with van der Waals surface area (Å²) in [6, 6.07) is 4.64. The molecule has 0 radical (unpaired) electrons. The molecule has 6 nitrogen and oxygen atoms in total. The number of carbonyl (C=O) groups excluding carboxylic acids is 3. The second kappa shape index (κ2) is 8.21. The molecule has 1 aliphatic rings. The Balaban J connectivity index is 0.00000288. The maximum Gasteiger partial charge on any atom is 0.247 e. The number of amides is 3. The fourth-order valence-electron chi connectivity index (χ4n) is 2.53. The molecule has 1 saturated heterocycles. The van der Waals surface area contributed by atoms with Gasteiger partial charge in [-0.15, -0.1) is 12.4 Å². The van der Waals surface area contributed by atoms with Gasteiger partial charge in [-0.2, -0.15) is 0 Å². The number of likely N-dealkylation sites (N-methyl/N-ethyl adjacent to an activating group) is 1. The molecule has 1 unspecified atom stereocenters. The largest absolute Gasteiger partial charge is 0.350 e. The van der Waals surface area contributed by atoms with Crippen LogP contribution in [0.15, 0.2) is 24.3 Å². The minimum absolute atomic E-state index is 0. The Bertz CT molecular complexity index is 639. The second-order valence-corrected chi connectivity index (χ2v) is 5.77. The third kappa shape index (κ3) is 4.10. The van der Waals surface area contributed by atoms with Gasteiger partial charge in [0.25, 0.3) is 0 Å². The first-order chi connectivity index (χ1) is 10.8. The van der Waals surface area contributed by atoms with Crippen molar-refractivity contribution in [1.29, 1.82) is 0 Å². The molecule has 24 heavy (non-hydrogen) atoms. The fraction of sp³-hybridized carbons (Fsp3) is 0.438. The van der Waals surface area contributed by atoms with Gasteiger partial charge in [0.05, 0.1) is 12.5 Å². The third-order valence-corrected chi connectivity index (χ3v) is 3.96. The van der Waals surface area contributed by atoms with E-state index in [-0.39, 0.29) is 37.2 Å². The van der Waals surface area contributed by atoms with Crippen molar-refractivity contribution in [3.05, 3.63) is 35.6 Å². The number of imide groups is 1. The molecule has 0 aromatic heterocycles. The average Bonchev–Trinajstić information content (AvgIpc) is 2.80. The maximum absolute atomic E-state index is 13.5. The van der Waals surface area contributed by atoms with Crippen LogP contribution in [0.3, 0.4) is 0 Å². The van der Waals surface area contributed by atoms with Crippen LogP contribution in [-0.4, -0.2) is 53.7 Å². The van der Waals surface area contributed by atoms with Crippen LogP contribution < -0.4 is 5.32 Å². The highest BCUT2D eigenvalue weighted by Gasteiger charge is 2.43. The first-order valence-corrected chi connectivity index (χ1v) is 7.36. The van der Waals surface area contributed by atoms with E-state index in [0.717, 1.165) is 4.90 Å². The molecule has 0 aliphatic carbocycles. The van der Waals surface area contributed by atoms with E-state index >= 15 is 0 Å². The van der Waals surface area contributed by atoms with E-state index in [0.29, 0.717) is 5.56 Å². The Hall–Kier alpha value is -1.99. The maximum atomic E-state index is 13.5. The Kier molecular flexibility index (Phi) is 6.86. The third-order valence-electron chi connectivity index (χ3n) is 3.96. The highest BCUT2D eigenvalue weighted by Crippen LogP contribution is 2.19. The number of hydrogen-bond acceptors (Lipinski definition) is 4. The van der Waals surface area contributed by atoms with Gasteiger partial charge in [0, 0.05) is 12.1 Å². The van der Waals surface area contributed by atoms with Crippen LogP contribution in [0.4, 0.5) is 4.39 Å². The van der Waals surface area contributed by atoms with E-state index < -0.39 is 23.8 Å². The minimum atomic E-state index is -0.924. The Morgan fingerprint density at radius 2 is 2.00 bits per heavy atom. The van der Waals surface area contributed by atoms with Crippen LogP contribution in [0, 0.1) is 5.82 Å². The Morgan fingerprint density at radius 3 is 2.54 bits per heavy atom. The number of halogens is 2. The summed E-state index contributed by atoms with van der Waals surface area (Å²) >= 11 is 0. The van der Waals surface area contributed by atoms with Crippen LogP contribution >= 0.6 is 12.4 Å². The van der Waals surface area contributed by atoms with Crippen LogP contribution in [0.2, 0.25) is 0 Å². The lowest BCUT2D eigenvalue weighted by molar-refractivity contribution is -0.147. The van der Waals surface area contributed by atoms with E-state index in [4.69, 9.17) is 0 Å². The highest BCUT2D eigenvalue weighted by molar-refractivity contribution is 6.08. The standard InChI is InChI=1S/C16H20FN3O3.ClH/c1-10(20-14(21)8-13(16(20)23)19(2)3)15(22)18-9-11-6-4-5-7-12(11)17;/h4-7,10,13H,8-9H2,1-3H3,(H,18,22);1H/t10-,13?;/m1./s1. The van der Waals surface area contributed by atoms with Crippen molar-refractivity contribution in [3.63, 3.8) is 0 Å². The van der Waals surface area contributed by atoms with Crippen molar-refractivity contribution in [2.24, 2.45) is 0 Å². The van der Waals surface area contributed by atoms with Crippen molar-refractivity contribution in [3.8, 4) is 0 Å². The number of nitrogens with zero attached hydrogens (tertiary/aromatic N) is 2. The number of carbonyl (C=O) groups is 3. The predicted octanol–water partition coefficient (Wildman–Crippen LogP) is 0.941. The second-order valence-electron chi connectivity index (χ2n) is 5.77. The summed E-state index contributed by atoms with van der Waals surface area (Å²) in [5, 5.41) is 2.56. The molecule has 1 aliphatic heterocycles. The van der Waals surface area contributed by atoms with Gasteiger partial charge in [-0.05, 0) is 27.1 Å². The SMILES string of the molecule is C[C@H](C(=O)NCc1ccccc1F)N1C(=O)CC(N(C)C)C1=O.Cl. The van der Waals surface area contributed by atoms with Gasteiger partial charge in [-0.3, -0.25) is 24.2 Å². The quantitative estimate of drug-likeness (QED) is 0.796. The Morgan fingerprint density at radius 1 is 1.38 bits per heavy atom. The van der Waals surface area contributed by atoms with Gasteiger partial charge in [-0.1, -0.05) is 18.2 Å². The van der Waals surface area contributed by atoms with Gasteiger partial charge >= 0.3 is 0 Å². The zero-order valence-corrected chi connectivity index (χ0v) is 14.6. The lowest BCUT2D eigenvalue weighted by Gasteiger charge is -2.23. The van der Waals surface area contributed by atoms with E-state index in [2.05, 4.69) is 5.32 Å². The summed E-state index contributed by atoms with van der Waals surface area (Å²) in [5.74, 6) is -1.66. The molecule has 132 valence electrons. The number of rotatable bonds is 5. The number of nitrogens with one attached hydrogen (secondary N) is 1. The molecule has 3 amide bonds. The Labute approximate surface area is 146 Å². The summed E-state index contributed by atoms with van der Waals surface area (Å²) in [7, 11) is 3.42. The van der Waals surface area contributed by atoms with Gasteiger partial charge in [0.1, 0.15) is 11.9 Å². The summed E-state index contributed by atoms with van der Waals surface area (Å²) in [5.41, 5.74) is 0.346. The normalized spacial score (nSPS) is 18.5. The molecule has 1 aromatic carbocycles. The van der Waals surface area contributed by atoms with Crippen molar-refractivity contribution in [2.45, 2.75) is 32.0 Å². The number of hydrogen-bond donors (Lipinski definition) is 1. The smallest absolute Gasteiger partial charge is 0.247 e. The van der Waals surface area contributed by atoms with Crippen molar-refractivity contribution >= 4 is 30.1 Å². The molecular formula is C16H21ClFN3O3. The molecule has 1 N–H and O–H groups in total. The van der Waals surface area contributed by atoms with E-state index in [1.54, 1.807) is 37.2 Å². The van der Waals surface area contributed by atoms with Gasteiger partial charge in [0.15, 0.2) is 0 Å². The van der Waals surface area contributed by atoms with Crippen LogP contribution in [0.25, 0.3) is 0 Å². The molecule has 8 heteroatoms. The minimum Gasteiger partial charge on any atom is -0.350 e. The van der Waals surface area contributed by atoms with Gasteiger partial charge in [-0.25, -0.2) is 4.39 Å². The first kappa shape index (κ1) is 20.1. The molecule has 0 spiro atoms. The summed E-state index contributed by atoms with van der Waals surface area (Å²) in [6.45, 7) is 1.49. The van der Waals surface area contributed by atoms with Gasteiger partial charge in [0.2, 0.25) is 17.7 Å². The topological polar surface area (TPSA) is 69.7 Å². The lowest BCUT2D eigenvalue weighted by atomic mass is 10.2. The van der Waals surface area contributed by atoms with Crippen LogP contribution in [0.5, 0.6) is 0 Å². The molecular weight excluding hydrogens is 337 g/mol. The number of benzene rings is 1. The average molecular weight is 358 g/mol. The predicted molar refractivity (Wildman–Crippen MR) is 88.9 cm³/mol. The van der Waals surface area contributed by atoms with Crippen molar-refractivity contribution in [2.75, 3.05) is 14.1 Å². The van der Waals surface area contributed by atoms with Crippen LogP contribution in [-0.2, 0) is 20.9 Å². The molecule has 0 bridgehead atoms. The summed E-state index contributed by atoms with van der Waals surface area (Å²) in [4.78, 5) is 39.1. The zero-order chi connectivity index (χ0) is 17.1. The molecule has 1 fully saturated rings. The van der Waals surface area contributed by atoms with Crippen molar-refractivity contribution < 1.29 is 18.8 Å². The monoisotopic (exact) mass is 357 g/mol. The van der Waals surface area contributed by atoms with E-state index in [9.17, 15) is 18.8 Å². The van der Waals surface area contributed by atoms with Crippen molar-refractivity contribution in [1.82, 2.24) is 15.1 Å².